The van der Waals surface area contributed by atoms with E-state index in [0.29, 0.717) is 5.15 Å². The third-order valence-corrected chi connectivity index (χ3v) is 4.58. The van der Waals surface area contributed by atoms with Crippen molar-refractivity contribution in [2.24, 2.45) is 0 Å². The number of aromatic nitrogens is 1. The molecular weight excluding hydrogens is 292 g/mol. The van der Waals surface area contributed by atoms with Crippen LogP contribution in [0.15, 0.2) is 42.5 Å². The molecule has 1 aliphatic rings. The van der Waals surface area contributed by atoms with Crippen LogP contribution in [0.2, 0.25) is 5.15 Å². The Labute approximate surface area is 135 Å². The lowest BCUT2D eigenvalue weighted by Gasteiger charge is -2.19. The fourth-order valence-corrected chi connectivity index (χ4v) is 3.31. The molecule has 0 aliphatic carbocycles. The van der Waals surface area contributed by atoms with E-state index in [0.717, 1.165) is 35.0 Å². The summed E-state index contributed by atoms with van der Waals surface area (Å²) < 4.78 is 0. The van der Waals surface area contributed by atoms with E-state index in [1.807, 2.05) is 0 Å². The molecule has 0 unspecified atom stereocenters. The summed E-state index contributed by atoms with van der Waals surface area (Å²) in [6.07, 6.45) is 2.31. The molecule has 2 aromatic carbocycles. The number of halogens is 1. The second kappa shape index (κ2) is 5.29. The van der Waals surface area contributed by atoms with Gasteiger partial charge in [-0.2, -0.15) is 0 Å². The molecule has 2 nitrogen and oxygen atoms in total. The molecule has 0 radical (unpaired) electrons. The maximum atomic E-state index is 6.43. The minimum absolute atomic E-state index is 0.562. The predicted octanol–water partition coefficient (Wildman–Crippen LogP) is 5.22. The zero-order valence-electron chi connectivity index (χ0n) is 12.5. The van der Waals surface area contributed by atoms with Crippen molar-refractivity contribution in [3.8, 4) is 11.1 Å². The van der Waals surface area contributed by atoms with E-state index >= 15 is 0 Å². The third kappa shape index (κ3) is 2.34. The molecule has 3 heteroatoms. The number of pyridine rings is 1. The minimum Gasteiger partial charge on any atom is -0.385 e. The molecule has 0 fully saturated rings. The van der Waals surface area contributed by atoms with E-state index in [-0.39, 0.29) is 0 Å². The minimum atomic E-state index is 0.562. The maximum absolute atomic E-state index is 6.43. The predicted molar refractivity (Wildman–Crippen MR) is 93.7 cm³/mol. The van der Waals surface area contributed by atoms with Gasteiger partial charge >= 0.3 is 0 Å². The van der Waals surface area contributed by atoms with Crippen LogP contribution < -0.4 is 5.32 Å². The lowest BCUT2D eigenvalue weighted by Crippen LogP contribution is -2.11. The zero-order valence-corrected chi connectivity index (χ0v) is 13.2. The Morgan fingerprint density at radius 1 is 1.09 bits per heavy atom. The first-order valence-electron chi connectivity index (χ1n) is 7.65. The van der Waals surface area contributed by atoms with Crippen molar-refractivity contribution in [3.63, 3.8) is 0 Å². The van der Waals surface area contributed by atoms with E-state index in [4.69, 9.17) is 11.6 Å². The Morgan fingerprint density at radius 3 is 2.73 bits per heavy atom. The first-order chi connectivity index (χ1) is 10.7. The molecule has 0 saturated heterocycles. The standard InChI is InChI=1S/C19H17ClN2/c1-12-4-6-13(7-5-12)16-10-15-9-14-3-2-8-21-17(14)11-18(15)22-19(16)20/h4-7,9-11,21H,2-3,8H2,1H3. The van der Waals surface area contributed by atoms with Crippen molar-refractivity contribution < 1.29 is 0 Å². The highest BCUT2D eigenvalue weighted by molar-refractivity contribution is 6.32. The SMILES string of the molecule is Cc1ccc(-c2cc3cc4c(cc3nc2Cl)NCCC4)cc1. The van der Waals surface area contributed by atoms with Gasteiger partial charge in [-0.1, -0.05) is 41.4 Å². The molecule has 3 aromatic rings. The van der Waals surface area contributed by atoms with Gasteiger partial charge in [0.15, 0.2) is 0 Å². The monoisotopic (exact) mass is 308 g/mol. The lowest BCUT2D eigenvalue weighted by atomic mass is 9.99. The summed E-state index contributed by atoms with van der Waals surface area (Å²) in [5.74, 6) is 0. The molecule has 110 valence electrons. The smallest absolute Gasteiger partial charge is 0.137 e. The van der Waals surface area contributed by atoms with Gasteiger partial charge < -0.3 is 5.32 Å². The van der Waals surface area contributed by atoms with Crippen LogP contribution in [0.25, 0.3) is 22.0 Å². The summed E-state index contributed by atoms with van der Waals surface area (Å²) in [7, 11) is 0. The van der Waals surface area contributed by atoms with Gasteiger partial charge in [-0.25, -0.2) is 4.98 Å². The van der Waals surface area contributed by atoms with Crippen LogP contribution in [-0.2, 0) is 6.42 Å². The molecule has 1 N–H and O–H groups in total. The second-order valence-corrected chi connectivity index (χ2v) is 6.28. The molecule has 2 heterocycles. The molecule has 1 aliphatic heterocycles. The van der Waals surface area contributed by atoms with Crippen molar-refractivity contribution in [2.45, 2.75) is 19.8 Å². The molecule has 0 saturated carbocycles. The Balaban J connectivity index is 1.89. The summed E-state index contributed by atoms with van der Waals surface area (Å²) in [5, 5.41) is 5.16. The van der Waals surface area contributed by atoms with Crippen molar-refractivity contribution in [2.75, 3.05) is 11.9 Å². The van der Waals surface area contributed by atoms with Crippen LogP contribution in [-0.4, -0.2) is 11.5 Å². The summed E-state index contributed by atoms with van der Waals surface area (Å²) in [6, 6.07) is 14.9. The van der Waals surface area contributed by atoms with Crippen LogP contribution in [0.3, 0.4) is 0 Å². The molecule has 22 heavy (non-hydrogen) atoms. The first kappa shape index (κ1) is 13.6. The third-order valence-electron chi connectivity index (χ3n) is 4.29. The normalized spacial score (nSPS) is 13.7. The molecule has 0 bridgehead atoms. The average Bonchev–Trinajstić information content (AvgIpc) is 2.53. The summed E-state index contributed by atoms with van der Waals surface area (Å²) in [4.78, 5) is 4.61. The lowest BCUT2D eigenvalue weighted by molar-refractivity contribution is 0.832. The van der Waals surface area contributed by atoms with E-state index < -0.39 is 0 Å². The zero-order chi connectivity index (χ0) is 15.1. The van der Waals surface area contributed by atoms with Gasteiger partial charge in [-0.3, -0.25) is 0 Å². The number of aryl methyl sites for hydroxylation is 2. The fourth-order valence-electron chi connectivity index (χ4n) is 3.05. The van der Waals surface area contributed by atoms with Crippen LogP contribution in [0.1, 0.15) is 17.5 Å². The molecule has 0 atom stereocenters. The van der Waals surface area contributed by atoms with E-state index in [2.05, 4.69) is 59.7 Å². The Bertz CT molecular complexity index is 853. The fraction of sp³-hybridized carbons (Fsp3) is 0.211. The number of nitrogens with zero attached hydrogens (tertiary/aromatic N) is 1. The van der Waals surface area contributed by atoms with Crippen molar-refractivity contribution in [1.82, 2.24) is 4.98 Å². The number of hydrogen-bond donors (Lipinski definition) is 1. The average molecular weight is 309 g/mol. The number of nitrogens with one attached hydrogen (secondary N) is 1. The van der Waals surface area contributed by atoms with Gasteiger partial charge in [0.05, 0.1) is 5.52 Å². The van der Waals surface area contributed by atoms with Crippen molar-refractivity contribution >= 4 is 28.2 Å². The van der Waals surface area contributed by atoms with Crippen LogP contribution in [0, 0.1) is 6.92 Å². The summed E-state index contributed by atoms with van der Waals surface area (Å²) >= 11 is 6.43. The number of benzene rings is 2. The molecule has 1 aromatic heterocycles. The second-order valence-electron chi connectivity index (χ2n) is 5.93. The first-order valence-corrected chi connectivity index (χ1v) is 8.02. The summed E-state index contributed by atoms with van der Waals surface area (Å²) in [5.41, 5.74) is 6.88. The molecule has 4 rings (SSSR count). The van der Waals surface area contributed by atoms with Crippen LogP contribution >= 0.6 is 11.6 Å². The number of anilines is 1. The highest BCUT2D eigenvalue weighted by Gasteiger charge is 2.13. The van der Waals surface area contributed by atoms with Gasteiger partial charge in [0.2, 0.25) is 0 Å². The highest BCUT2D eigenvalue weighted by atomic mass is 35.5. The van der Waals surface area contributed by atoms with E-state index in [9.17, 15) is 0 Å². The Morgan fingerprint density at radius 2 is 1.91 bits per heavy atom. The number of hydrogen-bond acceptors (Lipinski definition) is 2. The Hall–Kier alpha value is -2.06. The van der Waals surface area contributed by atoms with Gasteiger partial charge in [0, 0.05) is 23.2 Å². The summed E-state index contributed by atoms with van der Waals surface area (Å²) in [6.45, 7) is 3.12. The number of fused-ring (bicyclic) bond motifs is 2. The largest absolute Gasteiger partial charge is 0.385 e. The van der Waals surface area contributed by atoms with E-state index in [1.165, 1.54) is 23.2 Å². The van der Waals surface area contributed by atoms with Gasteiger partial charge in [0.25, 0.3) is 0 Å². The number of rotatable bonds is 1. The molecule has 0 amide bonds. The molecule has 0 spiro atoms. The van der Waals surface area contributed by atoms with Crippen LogP contribution in [0.5, 0.6) is 0 Å². The molecular formula is C19H17ClN2. The van der Waals surface area contributed by atoms with Crippen molar-refractivity contribution in [1.29, 1.82) is 0 Å². The van der Waals surface area contributed by atoms with Gasteiger partial charge in [-0.15, -0.1) is 0 Å². The Kier molecular flexibility index (Phi) is 3.27. The van der Waals surface area contributed by atoms with Gasteiger partial charge in [0.1, 0.15) is 5.15 Å². The quantitative estimate of drug-likeness (QED) is 0.623. The van der Waals surface area contributed by atoms with E-state index in [1.54, 1.807) is 0 Å². The topological polar surface area (TPSA) is 24.9 Å². The van der Waals surface area contributed by atoms with Gasteiger partial charge in [-0.05, 0) is 49.1 Å². The highest BCUT2D eigenvalue weighted by Crippen LogP contribution is 2.33. The van der Waals surface area contributed by atoms with Crippen molar-refractivity contribution in [3.05, 3.63) is 58.7 Å². The van der Waals surface area contributed by atoms with Crippen LogP contribution in [0.4, 0.5) is 5.69 Å². The maximum Gasteiger partial charge on any atom is 0.137 e.